The van der Waals surface area contributed by atoms with Crippen molar-refractivity contribution in [2.75, 3.05) is 6.54 Å². The maximum atomic E-state index is 11.0. The number of hydrogen-bond donors (Lipinski definition) is 1. The minimum Gasteiger partial charge on any atom is -0.356 e. The Labute approximate surface area is 121 Å². The van der Waals surface area contributed by atoms with Gasteiger partial charge in [-0.2, -0.15) is 0 Å². The van der Waals surface area contributed by atoms with Crippen LogP contribution in [0.5, 0.6) is 0 Å². The Hall–Kier alpha value is -1.35. The average Bonchev–Trinajstić information content (AvgIpc) is 2.69. The first kappa shape index (κ1) is 13.6. The molecule has 1 aromatic carbocycles. The molecular formula is C17H24N2O. The van der Waals surface area contributed by atoms with E-state index in [2.05, 4.69) is 40.5 Å². The van der Waals surface area contributed by atoms with Crippen LogP contribution in [0.1, 0.15) is 38.2 Å². The first-order chi connectivity index (χ1) is 9.72. The molecule has 0 aromatic heterocycles. The molecule has 0 spiro atoms. The van der Waals surface area contributed by atoms with Crippen LogP contribution < -0.4 is 5.32 Å². The molecule has 0 radical (unpaired) electrons. The van der Waals surface area contributed by atoms with Crippen LogP contribution in [0.2, 0.25) is 0 Å². The molecule has 1 N–H and O–H groups in total. The number of amides is 1. The molecule has 1 aromatic rings. The highest BCUT2D eigenvalue weighted by Gasteiger charge is 2.40. The van der Waals surface area contributed by atoms with E-state index < -0.39 is 0 Å². The second kappa shape index (κ2) is 5.96. The van der Waals surface area contributed by atoms with Crippen molar-refractivity contribution in [1.29, 1.82) is 0 Å². The molecule has 1 unspecified atom stereocenters. The molecule has 108 valence electrons. The van der Waals surface area contributed by atoms with Gasteiger partial charge >= 0.3 is 0 Å². The summed E-state index contributed by atoms with van der Waals surface area (Å²) in [6, 6.07) is 12.2. The van der Waals surface area contributed by atoms with Crippen LogP contribution in [-0.4, -0.2) is 29.4 Å². The molecular weight excluding hydrogens is 248 g/mol. The predicted molar refractivity (Wildman–Crippen MR) is 80.2 cm³/mol. The topological polar surface area (TPSA) is 32.3 Å². The van der Waals surface area contributed by atoms with E-state index in [4.69, 9.17) is 0 Å². The van der Waals surface area contributed by atoms with E-state index in [0.717, 1.165) is 13.1 Å². The Morgan fingerprint density at radius 2 is 1.85 bits per heavy atom. The highest BCUT2D eigenvalue weighted by atomic mass is 16.1. The van der Waals surface area contributed by atoms with Gasteiger partial charge in [0.1, 0.15) is 0 Å². The summed E-state index contributed by atoms with van der Waals surface area (Å²) < 4.78 is 0. The number of nitrogens with zero attached hydrogens (tertiary/aromatic N) is 1. The van der Waals surface area contributed by atoms with Crippen molar-refractivity contribution in [3.8, 4) is 0 Å². The Morgan fingerprint density at radius 3 is 2.45 bits per heavy atom. The second-order valence-electron chi connectivity index (χ2n) is 6.32. The third kappa shape index (κ3) is 3.04. The highest BCUT2D eigenvalue weighted by molar-refractivity contribution is 5.72. The fraction of sp³-hybridized carbons (Fsp3) is 0.588. The van der Waals surface area contributed by atoms with E-state index in [0.29, 0.717) is 18.0 Å². The molecule has 2 heterocycles. The van der Waals surface area contributed by atoms with Gasteiger partial charge in [0.25, 0.3) is 0 Å². The monoisotopic (exact) mass is 272 g/mol. The van der Waals surface area contributed by atoms with Gasteiger partial charge in [0, 0.05) is 32.1 Å². The molecule has 1 amide bonds. The van der Waals surface area contributed by atoms with Gasteiger partial charge < -0.3 is 5.32 Å². The highest BCUT2D eigenvalue weighted by Crippen LogP contribution is 2.39. The van der Waals surface area contributed by atoms with Gasteiger partial charge in [-0.3, -0.25) is 9.69 Å². The molecule has 0 aliphatic carbocycles. The summed E-state index contributed by atoms with van der Waals surface area (Å²) in [5.41, 5.74) is 1.42. The lowest BCUT2D eigenvalue weighted by Crippen LogP contribution is -2.44. The Kier molecular flexibility index (Phi) is 4.06. The van der Waals surface area contributed by atoms with Crippen molar-refractivity contribution in [3.63, 3.8) is 0 Å². The van der Waals surface area contributed by atoms with Gasteiger partial charge in [-0.15, -0.1) is 0 Å². The number of hydrogen-bond acceptors (Lipinski definition) is 2. The first-order valence-electron chi connectivity index (χ1n) is 7.76. The van der Waals surface area contributed by atoms with E-state index in [1.165, 1.54) is 31.2 Å². The van der Waals surface area contributed by atoms with Gasteiger partial charge in [0.05, 0.1) is 0 Å². The lowest BCUT2D eigenvalue weighted by Gasteiger charge is -2.39. The maximum Gasteiger partial charge on any atom is 0.216 e. The van der Waals surface area contributed by atoms with Crippen LogP contribution in [0.4, 0.5) is 0 Å². The number of piperidine rings is 1. The van der Waals surface area contributed by atoms with Crippen LogP contribution in [0.3, 0.4) is 0 Å². The zero-order valence-corrected chi connectivity index (χ0v) is 12.2. The van der Waals surface area contributed by atoms with Crippen molar-refractivity contribution >= 4 is 5.91 Å². The molecule has 3 rings (SSSR count). The van der Waals surface area contributed by atoms with Crippen molar-refractivity contribution in [2.45, 2.75) is 51.2 Å². The molecule has 2 aliphatic rings. The van der Waals surface area contributed by atoms with Gasteiger partial charge in [-0.1, -0.05) is 30.3 Å². The SMILES string of the molecule is CC(=O)NCC1C[C@H]2CC[C@@H](C1)N2Cc1ccccc1. The molecule has 2 fully saturated rings. The summed E-state index contributed by atoms with van der Waals surface area (Å²) in [7, 11) is 0. The van der Waals surface area contributed by atoms with E-state index in [1.807, 2.05) is 0 Å². The zero-order chi connectivity index (χ0) is 13.9. The quantitative estimate of drug-likeness (QED) is 0.913. The first-order valence-corrected chi connectivity index (χ1v) is 7.76. The average molecular weight is 272 g/mol. The number of benzene rings is 1. The Bertz CT molecular complexity index is 445. The van der Waals surface area contributed by atoms with E-state index in [1.54, 1.807) is 6.92 Å². The van der Waals surface area contributed by atoms with Crippen molar-refractivity contribution in [3.05, 3.63) is 35.9 Å². The standard InChI is InChI=1S/C17H24N2O/c1-13(20)18-11-15-9-16-7-8-17(10-15)19(16)12-14-5-3-2-4-6-14/h2-6,15-17H,7-12H2,1H3,(H,18,20)/t15?,16-,17+. The number of nitrogens with one attached hydrogen (secondary N) is 1. The third-order valence-corrected chi connectivity index (χ3v) is 4.83. The molecule has 2 aliphatic heterocycles. The summed E-state index contributed by atoms with van der Waals surface area (Å²) in [4.78, 5) is 13.7. The molecule has 2 saturated heterocycles. The fourth-order valence-electron chi connectivity index (χ4n) is 3.89. The summed E-state index contributed by atoms with van der Waals surface area (Å²) in [6.45, 7) is 3.56. The molecule has 3 atom stereocenters. The van der Waals surface area contributed by atoms with Crippen LogP contribution in [0, 0.1) is 5.92 Å². The van der Waals surface area contributed by atoms with Crippen LogP contribution in [0.25, 0.3) is 0 Å². The van der Waals surface area contributed by atoms with Gasteiger partial charge in [0.2, 0.25) is 5.91 Å². The van der Waals surface area contributed by atoms with E-state index in [-0.39, 0.29) is 5.91 Å². The molecule has 2 bridgehead atoms. The Balaban J connectivity index is 1.59. The van der Waals surface area contributed by atoms with Crippen molar-refractivity contribution in [2.24, 2.45) is 5.92 Å². The lowest BCUT2D eigenvalue weighted by molar-refractivity contribution is -0.119. The van der Waals surface area contributed by atoms with Crippen LogP contribution in [0.15, 0.2) is 30.3 Å². The number of fused-ring (bicyclic) bond motifs is 2. The van der Waals surface area contributed by atoms with Gasteiger partial charge in [-0.25, -0.2) is 0 Å². The van der Waals surface area contributed by atoms with Crippen LogP contribution in [-0.2, 0) is 11.3 Å². The predicted octanol–water partition coefficient (Wildman–Crippen LogP) is 2.57. The number of rotatable bonds is 4. The largest absolute Gasteiger partial charge is 0.356 e. The second-order valence-corrected chi connectivity index (χ2v) is 6.32. The lowest BCUT2D eigenvalue weighted by atomic mass is 9.90. The third-order valence-electron chi connectivity index (χ3n) is 4.83. The molecule has 3 nitrogen and oxygen atoms in total. The summed E-state index contributed by atoms with van der Waals surface area (Å²) in [5.74, 6) is 0.771. The minimum absolute atomic E-state index is 0.101. The number of carbonyl (C=O) groups excluding carboxylic acids is 1. The van der Waals surface area contributed by atoms with Crippen LogP contribution >= 0.6 is 0 Å². The summed E-state index contributed by atoms with van der Waals surface area (Å²) in [5, 5.41) is 2.99. The Morgan fingerprint density at radius 1 is 1.20 bits per heavy atom. The van der Waals surface area contributed by atoms with Gasteiger partial charge in [-0.05, 0) is 37.2 Å². The molecule has 20 heavy (non-hydrogen) atoms. The summed E-state index contributed by atoms with van der Waals surface area (Å²) >= 11 is 0. The normalized spacial score (nSPS) is 29.4. The minimum atomic E-state index is 0.101. The van der Waals surface area contributed by atoms with Crippen molar-refractivity contribution in [1.82, 2.24) is 10.2 Å². The number of carbonyl (C=O) groups is 1. The molecule has 3 heteroatoms. The molecule has 0 saturated carbocycles. The van der Waals surface area contributed by atoms with E-state index in [9.17, 15) is 4.79 Å². The van der Waals surface area contributed by atoms with Gasteiger partial charge in [0.15, 0.2) is 0 Å². The van der Waals surface area contributed by atoms with E-state index >= 15 is 0 Å². The summed E-state index contributed by atoms with van der Waals surface area (Å²) in [6.07, 6.45) is 5.13. The fourth-order valence-corrected chi connectivity index (χ4v) is 3.89. The maximum absolute atomic E-state index is 11.0. The zero-order valence-electron chi connectivity index (χ0n) is 12.2. The smallest absolute Gasteiger partial charge is 0.216 e. The van der Waals surface area contributed by atoms with Crippen molar-refractivity contribution < 1.29 is 4.79 Å².